The molecule has 1 amide bonds. The Morgan fingerprint density at radius 1 is 1.40 bits per heavy atom. The minimum Gasteiger partial charge on any atom is -0.378 e. The SMILES string of the molecule is Cc1cc(C(=O)N2CCOCC2)ccc1N(C)CCN. The highest BCUT2D eigenvalue weighted by atomic mass is 16.5. The topological polar surface area (TPSA) is 58.8 Å². The fourth-order valence-corrected chi connectivity index (χ4v) is 2.48. The van der Waals surface area contributed by atoms with Crippen LogP contribution in [0.5, 0.6) is 0 Å². The number of benzene rings is 1. The van der Waals surface area contributed by atoms with E-state index in [4.69, 9.17) is 10.5 Å². The van der Waals surface area contributed by atoms with Gasteiger partial charge in [-0.3, -0.25) is 4.79 Å². The first-order chi connectivity index (χ1) is 9.63. The van der Waals surface area contributed by atoms with E-state index in [1.165, 1.54) is 0 Å². The Kier molecular flexibility index (Phi) is 4.98. The van der Waals surface area contributed by atoms with E-state index in [-0.39, 0.29) is 5.91 Å². The van der Waals surface area contributed by atoms with E-state index in [0.717, 1.165) is 23.4 Å². The van der Waals surface area contributed by atoms with Crippen molar-refractivity contribution in [3.8, 4) is 0 Å². The average molecular weight is 277 g/mol. The normalized spacial score (nSPS) is 15.2. The lowest BCUT2D eigenvalue weighted by atomic mass is 10.1. The summed E-state index contributed by atoms with van der Waals surface area (Å²) in [5, 5.41) is 0. The van der Waals surface area contributed by atoms with Crippen molar-refractivity contribution in [3.05, 3.63) is 29.3 Å². The lowest BCUT2D eigenvalue weighted by molar-refractivity contribution is 0.0303. The molecule has 20 heavy (non-hydrogen) atoms. The van der Waals surface area contributed by atoms with Gasteiger partial charge in [-0.25, -0.2) is 0 Å². The second-order valence-corrected chi connectivity index (χ2v) is 5.12. The third-order valence-electron chi connectivity index (χ3n) is 3.62. The van der Waals surface area contributed by atoms with E-state index in [1.54, 1.807) is 0 Å². The van der Waals surface area contributed by atoms with Gasteiger partial charge in [-0.2, -0.15) is 0 Å². The minimum atomic E-state index is 0.0874. The highest BCUT2D eigenvalue weighted by Crippen LogP contribution is 2.21. The molecule has 5 nitrogen and oxygen atoms in total. The van der Waals surface area contributed by atoms with Gasteiger partial charge in [0.05, 0.1) is 13.2 Å². The minimum absolute atomic E-state index is 0.0874. The van der Waals surface area contributed by atoms with Crippen molar-refractivity contribution >= 4 is 11.6 Å². The Balaban J connectivity index is 2.13. The highest BCUT2D eigenvalue weighted by Gasteiger charge is 2.19. The maximum Gasteiger partial charge on any atom is 0.254 e. The summed E-state index contributed by atoms with van der Waals surface area (Å²) in [6.45, 7) is 6.05. The summed E-state index contributed by atoms with van der Waals surface area (Å²) < 4.78 is 5.27. The molecule has 2 N–H and O–H groups in total. The molecule has 0 unspecified atom stereocenters. The zero-order valence-electron chi connectivity index (χ0n) is 12.3. The van der Waals surface area contributed by atoms with E-state index in [9.17, 15) is 4.79 Å². The van der Waals surface area contributed by atoms with Gasteiger partial charge in [-0.15, -0.1) is 0 Å². The number of ether oxygens (including phenoxy) is 1. The van der Waals surface area contributed by atoms with Crippen LogP contribution in [0.25, 0.3) is 0 Å². The number of aryl methyl sites for hydroxylation is 1. The van der Waals surface area contributed by atoms with Crippen LogP contribution in [0.2, 0.25) is 0 Å². The molecule has 1 fully saturated rings. The Morgan fingerprint density at radius 2 is 2.10 bits per heavy atom. The monoisotopic (exact) mass is 277 g/mol. The maximum absolute atomic E-state index is 12.4. The number of likely N-dealkylation sites (N-methyl/N-ethyl adjacent to an activating group) is 1. The Bertz CT molecular complexity index is 470. The number of morpholine rings is 1. The molecule has 5 heteroatoms. The van der Waals surface area contributed by atoms with Gasteiger partial charge in [0.2, 0.25) is 0 Å². The highest BCUT2D eigenvalue weighted by molar-refractivity contribution is 5.95. The van der Waals surface area contributed by atoms with Crippen molar-refractivity contribution < 1.29 is 9.53 Å². The van der Waals surface area contributed by atoms with E-state index in [2.05, 4.69) is 4.90 Å². The molecule has 1 heterocycles. The number of hydrogen-bond acceptors (Lipinski definition) is 4. The fraction of sp³-hybridized carbons (Fsp3) is 0.533. The summed E-state index contributed by atoms with van der Waals surface area (Å²) in [5.41, 5.74) is 8.54. The molecule has 1 aromatic rings. The summed E-state index contributed by atoms with van der Waals surface area (Å²) in [6, 6.07) is 5.85. The first-order valence-electron chi connectivity index (χ1n) is 7.02. The van der Waals surface area contributed by atoms with Crippen molar-refractivity contribution in [2.75, 3.05) is 51.3 Å². The van der Waals surface area contributed by atoms with Gasteiger partial charge in [-0.05, 0) is 30.7 Å². The number of nitrogens with zero attached hydrogens (tertiary/aromatic N) is 2. The molecule has 0 atom stereocenters. The van der Waals surface area contributed by atoms with Gasteiger partial charge < -0.3 is 20.3 Å². The standard InChI is InChI=1S/C15H23N3O2/c1-12-11-13(3-4-14(12)17(2)6-5-16)15(19)18-7-9-20-10-8-18/h3-4,11H,5-10,16H2,1-2H3. The Morgan fingerprint density at radius 3 is 2.70 bits per heavy atom. The lowest BCUT2D eigenvalue weighted by Gasteiger charge is -2.27. The van der Waals surface area contributed by atoms with Crippen LogP contribution < -0.4 is 10.6 Å². The summed E-state index contributed by atoms with van der Waals surface area (Å²) in [6.07, 6.45) is 0. The second-order valence-electron chi connectivity index (χ2n) is 5.12. The summed E-state index contributed by atoms with van der Waals surface area (Å²) in [5.74, 6) is 0.0874. The quantitative estimate of drug-likeness (QED) is 0.887. The van der Waals surface area contributed by atoms with Crippen LogP contribution in [0.3, 0.4) is 0 Å². The molecular formula is C15H23N3O2. The largest absolute Gasteiger partial charge is 0.378 e. The number of rotatable bonds is 4. The van der Waals surface area contributed by atoms with Gasteiger partial charge >= 0.3 is 0 Å². The second kappa shape index (κ2) is 6.72. The molecule has 0 radical (unpaired) electrons. The molecule has 0 aromatic heterocycles. The number of amides is 1. The van der Waals surface area contributed by atoms with Crippen LogP contribution in [0.4, 0.5) is 5.69 Å². The van der Waals surface area contributed by atoms with Crippen molar-refractivity contribution in [2.45, 2.75) is 6.92 Å². The zero-order valence-corrected chi connectivity index (χ0v) is 12.3. The van der Waals surface area contributed by atoms with Crippen LogP contribution in [0.1, 0.15) is 15.9 Å². The Labute approximate surface area is 120 Å². The number of hydrogen-bond donors (Lipinski definition) is 1. The van der Waals surface area contributed by atoms with Crippen molar-refractivity contribution in [2.24, 2.45) is 5.73 Å². The van der Waals surface area contributed by atoms with E-state index in [1.807, 2.05) is 37.1 Å². The summed E-state index contributed by atoms with van der Waals surface area (Å²) in [4.78, 5) is 16.4. The maximum atomic E-state index is 12.4. The molecule has 1 aliphatic rings. The van der Waals surface area contributed by atoms with Crippen LogP contribution in [-0.4, -0.2) is 57.2 Å². The molecule has 0 aliphatic carbocycles. The molecular weight excluding hydrogens is 254 g/mol. The number of carbonyl (C=O) groups excluding carboxylic acids is 1. The van der Waals surface area contributed by atoms with Crippen LogP contribution in [-0.2, 0) is 4.74 Å². The first kappa shape index (κ1) is 14.8. The molecule has 110 valence electrons. The molecule has 0 bridgehead atoms. The summed E-state index contributed by atoms with van der Waals surface area (Å²) in [7, 11) is 2.01. The van der Waals surface area contributed by atoms with Crippen molar-refractivity contribution in [3.63, 3.8) is 0 Å². The van der Waals surface area contributed by atoms with Crippen molar-refractivity contribution in [1.82, 2.24) is 4.90 Å². The Hall–Kier alpha value is -1.59. The van der Waals surface area contributed by atoms with Gasteiger partial charge in [-0.1, -0.05) is 0 Å². The molecule has 1 aromatic carbocycles. The third-order valence-corrected chi connectivity index (χ3v) is 3.62. The lowest BCUT2D eigenvalue weighted by Crippen LogP contribution is -2.40. The molecule has 0 saturated carbocycles. The molecule has 0 spiro atoms. The molecule has 1 aliphatic heterocycles. The van der Waals surface area contributed by atoms with E-state index >= 15 is 0 Å². The predicted octanol–water partition coefficient (Wildman–Crippen LogP) is 0.862. The van der Waals surface area contributed by atoms with Crippen LogP contribution >= 0.6 is 0 Å². The fourth-order valence-electron chi connectivity index (χ4n) is 2.48. The van der Waals surface area contributed by atoms with Gasteiger partial charge in [0.25, 0.3) is 5.91 Å². The van der Waals surface area contributed by atoms with E-state index < -0.39 is 0 Å². The van der Waals surface area contributed by atoms with Gasteiger partial charge in [0.15, 0.2) is 0 Å². The first-order valence-corrected chi connectivity index (χ1v) is 7.02. The van der Waals surface area contributed by atoms with E-state index in [0.29, 0.717) is 32.8 Å². The van der Waals surface area contributed by atoms with Gasteiger partial charge in [0.1, 0.15) is 0 Å². The predicted molar refractivity (Wildman–Crippen MR) is 80.2 cm³/mol. The molecule has 1 saturated heterocycles. The van der Waals surface area contributed by atoms with Gasteiger partial charge in [0, 0.05) is 44.5 Å². The number of anilines is 1. The number of carbonyl (C=O) groups is 1. The van der Waals surface area contributed by atoms with Crippen LogP contribution in [0, 0.1) is 6.92 Å². The number of nitrogens with two attached hydrogens (primary N) is 1. The summed E-state index contributed by atoms with van der Waals surface area (Å²) >= 11 is 0. The molecule has 2 rings (SSSR count). The smallest absolute Gasteiger partial charge is 0.254 e. The third kappa shape index (κ3) is 3.29. The van der Waals surface area contributed by atoms with Crippen LogP contribution in [0.15, 0.2) is 18.2 Å². The average Bonchev–Trinajstić information content (AvgIpc) is 2.47. The van der Waals surface area contributed by atoms with Crippen molar-refractivity contribution in [1.29, 1.82) is 0 Å². The zero-order chi connectivity index (χ0) is 14.5.